The summed E-state index contributed by atoms with van der Waals surface area (Å²) >= 11 is 1.85. The molecular formula is C13H20FNS. The molecule has 2 atom stereocenters. The highest BCUT2D eigenvalue weighted by Gasteiger charge is 2.09. The van der Waals surface area contributed by atoms with Crippen molar-refractivity contribution in [3.8, 4) is 0 Å². The third-order valence-corrected chi connectivity index (χ3v) is 3.71. The second-order valence-corrected chi connectivity index (χ2v) is 5.24. The molecule has 1 aromatic rings. The van der Waals surface area contributed by atoms with E-state index >= 15 is 0 Å². The number of hydrogen-bond donors (Lipinski definition) is 1. The summed E-state index contributed by atoms with van der Waals surface area (Å²) in [6.45, 7) is 5.33. The fourth-order valence-corrected chi connectivity index (χ4v) is 1.85. The zero-order valence-electron chi connectivity index (χ0n) is 10.2. The van der Waals surface area contributed by atoms with Gasteiger partial charge < -0.3 is 5.32 Å². The molecule has 0 fully saturated rings. The zero-order chi connectivity index (χ0) is 12.0. The number of benzene rings is 1. The number of halogens is 1. The average molecular weight is 241 g/mol. The van der Waals surface area contributed by atoms with E-state index in [1.807, 2.05) is 23.9 Å². The summed E-state index contributed by atoms with van der Waals surface area (Å²) in [6, 6.07) is 7.10. The number of rotatable bonds is 6. The number of nitrogens with one attached hydrogen (secondary N) is 1. The van der Waals surface area contributed by atoms with E-state index in [2.05, 4.69) is 25.4 Å². The van der Waals surface area contributed by atoms with Gasteiger partial charge in [-0.2, -0.15) is 11.8 Å². The van der Waals surface area contributed by atoms with Crippen LogP contribution in [0.25, 0.3) is 0 Å². The molecule has 0 aliphatic rings. The van der Waals surface area contributed by atoms with E-state index in [1.54, 1.807) is 0 Å². The maximum Gasteiger partial charge on any atom is 0.123 e. The van der Waals surface area contributed by atoms with Gasteiger partial charge in [0, 0.05) is 17.8 Å². The quantitative estimate of drug-likeness (QED) is 0.816. The lowest BCUT2D eigenvalue weighted by Crippen LogP contribution is -2.27. The first-order valence-corrected chi connectivity index (χ1v) is 6.97. The summed E-state index contributed by atoms with van der Waals surface area (Å²) in [4.78, 5) is 0. The van der Waals surface area contributed by atoms with E-state index in [1.165, 1.54) is 12.1 Å². The van der Waals surface area contributed by atoms with Crippen LogP contribution < -0.4 is 5.32 Å². The Labute approximate surface area is 102 Å². The second kappa shape index (κ2) is 6.92. The minimum absolute atomic E-state index is 0.170. The topological polar surface area (TPSA) is 12.0 Å². The highest BCUT2D eigenvalue weighted by molar-refractivity contribution is 7.99. The second-order valence-electron chi connectivity index (χ2n) is 3.97. The lowest BCUT2D eigenvalue weighted by atomic mass is 10.0. The summed E-state index contributed by atoms with van der Waals surface area (Å²) in [5.74, 6) is -0.170. The van der Waals surface area contributed by atoms with Crippen LogP contribution in [0.2, 0.25) is 0 Å². The molecule has 0 bridgehead atoms. The predicted molar refractivity (Wildman–Crippen MR) is 70.4 cm³/mol. The molecule has 1 nitrogen and oxygen atoms in total. The van der Waals surface area contributed by atoms with E-state index < -0.39 is 0 Å². The third-order valence-electron chi connectivity index (χ3n) is 2.73. The van der Waals surface area contributed by atoms with E-state index in [0.29, 0.717) is 11.3 Å². The fourth-order valence-electron chi connectivity index (χ4n) is 1.58. The molecule has 2 unspecified atom stereocenters. The van der Waals surface area contributed by atoms with Crippen LogP contribution in [0, 0.1) is 5.82 Å². The molecule has 0 saturated heterocycles. The third kappa shape index (κ3) is 4.14. The first-order chi connectivity index (χ1) is 7.67. The average Bonchev–Trinajstić information content (AvgIpc) is 2.31. The Morgan fingerprint density at radius 1 is 1.31 bits per heavy atom. The Hall–Kier alpha value is -0.540. The van der Waals surface area contributed by atoms with Crippen LogP contribution in [0.4, 0.5) is 4.39 Å². The molecule has 0 aliphatic heterocycles. The molecule has 1 rings (SSSR count). The van der Waals surface area contributed by atoms with Crippen molar-refractivity contribution in [2.75, 3.05) is 12.8 Å². The summed E-state index contributed by atoms with van der Waals surface area (Å²) in [6.07, 6.45) is 3.14. The van der Waals surface area contributed by atoms with Crippen LogP contribution in [-0.2, 0) is 0 Å². The molecule has 3 heteroatoms. The highest BCUT2D eigenvalue weighted by Crippen LogP contribution is 2.17. The Morgan fingerprint density at radius 3 is 2.44 bits per heavy atom. The maximum absolute atomic E-state index is 12.8. The molecule has 90 valence electrons. The standard InChI is InChI=1S/C13H20FNS/c1-4-13(15-9-10(2)16-3)11-5-7-12(14)8-6-11/h5-8,10,13,15H,4,9H2,1-3H3. The van der Waals surface area contributed by atoms with Gasteiger partial charge in [-0.15, -0.1) is 0 Å². The first kappa shape index (κ1) is 13.5. The van der Waals surface area contributed by atoms with E-state index in [0.717, 1.165) is 18.5 Å². The first-order valence-electron chi connectivity index (χ1n) is 5.69. The van der Waals surface area contributed by atoms with Crippen LogP contribution in [0.1, 0.15) is 31.9 Å². The van der Waals surface area contributed by atoms with Gasteiger partial charge >= 0.3 is 0 Å². The summed E-state index contributed by atoms with van der Waals surface area (Å²) in [5, 5.41) is 4.12. The molecule has 16 heavy (non-hydrogen) atoms. The molecule has 0 amide bonds. The predicted octanol–water partition coefficient (Wildman–Crippen LogP) is 3.62. The Kier molecular flexibility index (Phi) is 5.85. The van der Waals surface area contributed by atoms with Crippen LogP contribution in [-0.4, -0.2) is 18.1 Å². The minimum atomic E-state index is -0.170. The Balaban J connectivity index is 2.57. The lowest BCUT2D eigenvalue weighted by molar-refractivity contribution is 0.521. The summed E-state index contributed by atoms with van der Waals surface area (Å²) in [7, 11) is 0. The van der Waals surface area contributed by atoms with Crippen LogP contribution in [0.3, 0.4) is 0 Å². The lowest BCUT2D eigenvalue weighted by Gasteiger charge is -2.19. The van der Waals surface area contributed by atoms with Crippen molar-refractivity contribution in [3.05, 3.63) is 35.6 Å². The van der Waals surface area contributed by atoms with Gasteiger partial charge in [0.1, 0.15) is 5.82 Å². The highest BCUT2D eigenvalue weighted by atomic mass is 32.2. The van der Waals surface area contributed by atoms with Crippen molar-refractivity contribution in [1.29, 1.82) is 0 Å². The van der Waals surface area contributed by atoms with Gasteiger partial charge in [0.15, 0.2) is 0 Å². The molecule has 0 saturated carbocycles. The van der Waals surface area contributed by atoms with Gasteiger partial charge in [-0.05, 0) is 30.4 Å². The molecule has 0 radical (unpaired) electrons. The van der Waals surface area contributed by atoms with Gasteiger partial charge in [0.05, 0.1) is 0 Å². The summed E-state index contributed by atoms with van der Waals surface area (Å²) in [5.41, 5.74) is 1.16. The molecule has 0 aromatic heterocycles. The van der Waals surface area contributed by atoms with Gasteiger partial charge in [0.25, 0.3) is 0 Å². The van der Waals surface area contributed by atoms with Crippen LogP contribution >= 0.6 is 11.8 Å². The van der Waals surface area contributed by atoms with Gasteiger partial charge in [0.2, 0.25) is 0 Å². The van der Waals surface area contributed by atoms with E-state index in [-0.39, 0.29) is 5.82 Å². The molecule has 0 spiro atoms. The summed E-state index contributed by atoms with van der Waals surface area (Å²) < 4.78 is 12.8. The van der Waals surface area contributed by atoms with Crippen LogP contribution in [0.5, 0.6) is 0 Å². The van der Waals surface area contributed by atoms with Gasteiger partial charge in [-0.3, -0.25) is 0 Å². The number of thioether (sulfide) groups is 1. The van der Waals surface area contributed by atoms with Gasteiger partial charge in [-0.1, -0.05) is 26.0 Å². The maximum atomic E-state index is 12.8. The monoisotopic (exact) mass is 241 g/mol. The van der Waals surface area contributed by atoms with Crippen molar-refractivity contribution >= 4 is 11.8 Å². The van der Waals surface area contributed by atoms with Gasteiger partial charge in [-0.25, -0.2) is 4.39 Å². The van der Waals surface area contributed by atoms with Crippen molar-refractivity contribution in [3.63, 3.8) is 0 Å². The zero-order valence-corrected chi connectivity index (χ0v) is 11.0. The Morgan fingerprint density at radius 2 is 1.94 bits per heavy atom. The molecule has 0 heterocycles. The van der Waals surface area contributed by atoms with Crippen molar-refractivity contribution in [2.24, 2.45) is 0 Å². The van der Waals surface area contributed by atoms with E-state index in [4.69, 9.17) is 0 Å². The molecule has 0 aliphatic carbocycles. The van der Waals surface area contributed by atoms with E-state index in [9.17, 15) is 4.39 Å². The van der Waals surface area contributed by atoms with Crippen molar-refractivity contribution < 1.29 is 4.39 Å². The Bertz CT molecular complexity index is 299. The minimum Gasteiger partial charge on any atom is -0.309 e. The largest absolute Gasteiger partial charge is 0.309 e. The number of hydrogen-bond acceptors (Lipinski definition) is 2. The fraction of sp³-hybridized carbons (Fsp3) is 0.538. The molecule has 1 N–H and O–H groups in total. The normalized spacial score (nSPS) is 14.8. The molecule has 1 aromatic carbocycles. The smallest absolute Gasteiger partial charge is 0.123 e. The SMILES string of the molecule is CCC(NCC(C)SC)c1ccc(F)cc1. The van der Waals surface area contributed by atoms with Crippen molar-refractivity contribution in [2.45, 2.75) is 31.6 Å². The van der Waals surface area contributed by atoms with Crippen molar-refractivity contribution in [1.82, 2.24) is 5.32 Å². The molecular weight excluding hydrogens is 221 g/mol. The van der Waals surface area contributed by atoms with Crippen LogP contribution in [0.15, 0.2) is 24.3 Å².